The zero-order valence-electron chi connectivity index (χ0n) is 41.2. The molecule has 0 bridgehead atoms. The summed E-state index contributed by atoms with van der Waals surface area (Å²) in [5.41, 5.74) is 2.39. The van der Waals surface area contributed by atoms with E-state index >= 15 is 0 Å². The Kier molecular flexibility index (Phi) is 5.27. The second-order valence-corrected chi connectivity index (χ2v) is 14.2. The predicted molar refractivity (Wildman–Crippen MR) is 234 cm³/mol. The number of hydrogen-bond acceptors (Lipinski definition) is 4. The van der Waals surface area contributed by atoms with Crippen molar-refractivity contribution in [2.75, 3.05) is 0 Å². The number of aromatic nitrogens is 4. The van der Waals surface area contributed by atoms with Crippen LogP contribution in [-0.2, 0) is 0 Å². The number of benzene rings is 8. The van der Waals surface area contributed by atoms with Gasteiger partial charge in [0.2, 0.25) is 0 Å². The molecule has 262 valence electrons. The molecule has 0 spiro atoms. The van der Waals surface area contributed by atoms with E-state index in [1.807, 2.05) is 97.1 Å². The number of fused-ring (bicyclic) bond motifs is 6. The van der Waals surface area contributed by atoms with Gasteiger partial charge in [0.15, 0.2) is 17.5 Å². The van der Waals surface area contributed by atoms with Crippen LogP contribution in [0.25, 0.3) is 104 Å². The first-order valence-corrected chi connectivity index (χ1v) is 18.6. The summed E-state index contributed by atoms with van der Waals surface area (Å²) >= 11 is 1.68. The van der Waals surface area contributed by atoms with Gasteiger partial charge in [-0.25, -0.2) is 15.0 Å². The van der Waals surface area contributed by atoms with Crippen LogP contribution in [0.4, 0.5) is 0 Å². The van der Waals surface area contributed by atoms with Gasteiger partial charge in [0.05, 0.1) is 33.2 Å². The van der Waals surface area contributed by atoms with Crippen molar-refractivity contribution in [3.63, 3.8) is 0 Å². The van der Waals surface area contributed by atoms with Gasteiger partial charge in [-0.1, -0.05) is 139 Å². The Hall–Kier alpha value is -7.21. The highest BCUT2D eigenvalue weighted by molar-refractivity contribution is 7.25. The van der Waals surface area contributed by atoms with Gasteiger partial charge in [-0.15, -0.1) is 11.3 Å². The van der Waals surface area contributed by atoms with Crippen molar-refractivity contribution in [3.05, 3.63) is 194 Å². The monoisotopic (exact) mass is 744 g/mol. The number of hydrogen-bond donors (Lipinski definition) is 0. The Morgan fingerprint density at radius 3 is 1.91 bits per heavy atom. The molecule has 0 aliphatic rings. The highest BCUT2D eigenvalue weighted by Gasteiger charge is 2.21. The Morgan fingerprint density at radius 1 is 0.411 bits per heavy atom. The zero-order valence-corrected chi connectivity index (χ0v) is 30.1. The van der Waals surface area contributed by atoms with Crippen LogP contribution < -0.4 is 0 Å². The van der Waals surface area contributed by atoms with Crippen molar-refractivity contribution in [3.8, 4) is 62.1 Å². The molecule has 3 heterocycles. The third kappa shape index (κ3) is 5.48. The molecule has 0 amide bonds. The topological polar surface area (TPSA) is 43.6 Å². The molecular weight excluding hydrogens is 701 g/mol. The Morgan fingerprint density at radius 2 is 1.07 bits per heavy atom. The zero-order chi connectivity index (χ0) is 47.4. The van der Waals surface area contributed by atoms with E-state index in [4.69, 9.17) is 24.5 Å². The summed E-state index contributed by atoms with van der Waals surface area (Å²) < 4.78 is 111. The van der Waals surface area contributed by atoms with Crippen LogP contribution in [-0.4, -0.2) is 19.5 Å². The van der Waals surface area contributed by atoms with Crippen LogP contribution in [0, 0.1) is 0 Å². The lowest BCUT2D eigenvalue weighted by Gasteiger charge is -2.16. The van der Waals surface area contributed by atoms with E-state index in [1.54, 1.807) is 17.4 Å². The molecule has 56 heavy (non-hydrogen) atoms. The summed E-state index contributed by atoms with van der Waals surface area (Å²) in [6, 6.07) is 31.1. The molecule has 0 saturated heterocycles. The minimum atomic E-state index is -0.700. The molecule has 11 rings (SSSR count). The second kappa shape index (κ2) is 13.3. The fourth-order valence-electron chi connectivity index (χ4n) is 7.18. The third-order valence-electron chi connectivity index (χ3n) is 9.80. The number of thiophene rings is 1. The fourth-order valence-corrected chi connectivity index (χ4v) is 8.27. The Labute approximate surface area is 344 Å². The van der Waals surface area contributed by atoms with Gasteiger partial charge in [-0.05, 0) is 76.8 Å². The van der Waals surface area contributed by atoms with Crippen molar-refractivity contribution in [1.29, 1.82) is 0 Å². The van der Waals surface area contributed by atoms with Gasteiger partial charge in [0.25, 0.3) is 0 Å². The number of nitrogens with zero attached hydrogens (tertiary/aromatic N) is 4. The molecule has 0 fully saturated rings. The molecule has 11 aromatic rings. The van der Waals surface area contributed by atoms with E-state index in [0.29, 0.717) is 28.3 Å². The van der Waals surface area contributed by atoms with Gasteiger partial charge in [-0.3, -0.25) is 0 Å². The summed E-state index contributed by atoms with van der Waals surface area (Å²) in [5.74, 6) is 0.859. The van der Waals surface area contributed by atoms with Crippen molar-refractivity contribution in [1.82, 2.24) is 19.5 Å². The largest absolute Gasteiger partial charge is 0.309 e. The van der Waals surface area contributed by atoms with E-state index in [0.717, 1.165) is 31.3 Å². The molecule has 0 aliphatic heterocycles. The normalized spacial score (nSPS) is 14.6. The van der Waals surface area contributed by atoms with E-state index in [1.165, 1.54) is 4.57 Å². The smallest absolute Gasteiger partial charge is 0.166 e. The summed E-state index contributed by atoms with van der Waals surface area (Å²) in [7, 11) is 0. The van der Waals surface area contributed by atoms with Crippen molar-refractivity contribution in [2.24, 2.45) is 0 Å². The van der Waals surface area contributed by atoms with Crippen molar-refractivity contribution in [2.45, 2.75) is 0 Å². The van der Waals surface area contributed by atoms with Crippen LogP contribution in [0.5, 0.6) is 0 Å². The van der Waals surface area contributed by atoms with E-state index in [9.17, 15) is 6.85 Å². The maximum atomic E-state index is 9.72. The van der Waals surface area contributed by atoms with Crippen LogP contribution in [0.3, 0.4) is 0 Å². The lowest BCUT2D eigenvalue weighted by atomic mass is 10.0. The fraction of sp³-hybridized carbons (Fsp3) is 0. The third-order valence-corrected chi connectivity index (χ3v) is 10.9. The first kappa shape index (κ1) is 22.2. The van der Waals surface area contributed by atoms with Crippen LogP contribution >= 0.6 is 11.3 Å². The van der Waals surface area contributed by atoms with Crippen LogP contribution in [0.1, 0.15) is 16.4 Å². The Balaban J connectivity index is 1.28. The summed E-state index contributed by atoms with van der Waals surface area (Å²) in [6.07, 6.45) is 0. The Bertz CT molecular complexity index is 3920. The summed E-state index contributed by atoms with van der Waals surface area (Å²) in [4.78, 5) is 15.3. The highest BCUT2D eigenvalue weighted by atomic mass is 32.1. The van der Waals surface area contributed by atoms with Crippen LogP contribution in [0.15, 0.2) is 194 Å². The first-order chi connectivity index (χ1) is 32.7. The van der Waals surface area contributed by atoms with Crippen LogP contribution in [0.2, 0.25) is 0 Å². The second-order valence-electron chi connectivity index (χ2n) is 13.1. The molecule has 0 N–H and O–H groups in total. The maximum absolute atomic E-state index is 9.72. The molecule has 0 radical (unpaired) electrons. The maximum Gasteiger partial charge on any atom is 0.166 e. The molecule has 4 nitrogen and oxygen atoms in total. The molecule has 0 saturated carbocycles. The molecule has 0 aliphatic carbocycles. The average Bonchev–Trinajstić information content (AvgIpc) is 3.93. The standard InChI is InChI=1S/C51H32N4S/c1-4-14-33(15-5-1)36-24-27-45-41(30-36)39-20-10-12-22-44(39)55(45)46-28-25-37(34-16-6-2-7-17-34)31-43(46)51-53-49(35-18-8-3-9-19-35)52-50(54-51)38-26-29-48-42(32-38)40-21-11-13-23-47(40)56-48/h1-32H/i1D,4D,5D,10D,12D,14D,15D,20D,22D,24D,27D,30D. The number of para-hydroxylation sites is 1. The first-order valence-electron chi connectivity index (χ1n) is 23.8. The van der Waals surface area contributed by atoms with E-state index < -0.39 is 83.6 Å². The van der Waals surface area contributed by atoms with Gasteiger partial charge >= 0.3 is 0 Å². The molecule has 0 unspecified atom stereocenters. The van der Waals surface area contributed by atoms with Gasteiger partial charge in [0, 0.05) is 47.6 Å². The summed E-state index contributed by atoms with van der Waals surface area (Å²) in [6.45, 7) is 0. The summed E-state index contributed by atoms with van der Waals surface area (Å²) in [5, 5.41) is 1.78. The minimum absolute atomic E-state index is 0.119. The highest BCUT2D eigenvalue weighted by Crippen LogP contribution is 2.40. The lowest BCUT2D eigenvalue weighted by Crippen LogP contribution is -2.04. The molecule has 0 atom stereocenters. The molecule has 8 aromatic carbocycles. The molecular formula is C51H32N4S. The van der Waals surface area contributed by atoms with Gasteiger partial charge in [-0.2, -0.15) is 0 Å². The lowest BCUT2D eigenvalue weighted by molar-refractivity contribution is 1.07. The predicted octanol–water partition coefficient (Wildman–Crippen LogP) is 13.7. The van der Waals surface area contributed by atoms with E-state index in [-0.39, 0.29) is 33.3 Å². The van der Waals surface area contributed by atoms with Gasteiger partial charge < -0.3 is 4.57 Å². The quantitative estimate of drug-likeness (QED) is 0.170. The molecule has 5 heteroatoms. The van der Waals surface area contributed by atoms with Crippen molar-refractivity contribution < 1.29 is 16.4 Å². The average molecular weight is 745 g/mol. The van der Waals surface area contributed by atoms with Crippen molar-refractivity contribution >= 4 is 53.3 Å². The van der Waals surface area contributed by atoms with E-state index in [2.05, 4.69) is 18.2 Å². The number of rotatable bonds is 6. The molecule has 3 aromatic heterocycles. The minimum Gasteiger partial charge on any atom is -0.309 e. The van der Waals surface area contributed by atoms with Gasteiger partial charge in [0.1, 0.15) is 0 Å². The SMILES string of the molecule is [2H]c1c([2H])c([2H])c(-c2c([2H])c([2H])c3c(c2[2H])c2c([2H])c([2H])c([2H])c([2H])c2n3-c2ccc(-c3ccccc3)cc2-c2nc(-c3ccccc3)nc(-c3ccc4sc5ccccc5c4c3)n2)c([2H])c1[2H].